The number of benzene rings is 2. The minimum atomic E-state index is -0.419. The highest BCUT2D eigenvalue weighted by atomic mass is 16.6. The molecule has 1 amide bonds. The molecule has 2 aromatic carbocycles. The molecule has 0 spiro atoms. The van der Waals surface area contributed by atoms with Crippen molar-refractivity contribution in [1.82, 2.24) is 5.01 Å². The van der Waals surface area contributed by atoms with Crippen molar-refractivity contribution < 1.29 is 14.3 Å². The van der Waals surface area contributed by atoms with Gasteiger partial charge in [-0.2, -0.15) is 0 Å². The first kappa shape index (κ1) is 18.6. The standard InChI is InChI=1S/C20H26N2O3/c1-14(2)22(20(23)25-15(3)4)21-18-13-17(11-12-19(18)24-5)16-9-7-6-8-10-16/h6-15,21H,1-5H3. The molecule has 0 bridgehead atoms. The zero-order chi connectivity index (χ0) is 18.4. The van der Waals surface area contributed by atoms with Crippen molar-refractivity contribution in [3.63, 3.8) is 0 Å². The van der Waals surface area contributed by atoms with Gasteiger partial charge < -0.3 is 9.47 Å². The molecular formula is C20H26N2O3. The summed E-state index contributed by atoms with van der Waals surface area (Å²) in [6.07, 6.45) is -0.606. The molecule has 1 N–H and O–H groups in total. The molecule has 0 saturated carbocycles. The predicted octanol–water partition coefficient (Wildman–Crippen LogP) is 4.94. The fourth-order valence-electron chi connectivity index (χ4n) is 2.38. The number of ether oxygens (including phenoxy) is 2. The van der Waals surface area contributed by atoms with Crippen LogP contribution in [0, 0.1) is 0 Å². The maximum atomic E-state index is 12.4. The first-order valence-electron chi connectivity index (χ1n) is 8.42. The van der Waals surface area contributed by atoms with Gasteiger partial charge in [0.1, 0.15) is 5.75 Å². The van der Waals surface area contributed by atoms with Crippen molar-refractivity contribution in [2.24, 2.45) is 0 Å². The topological polar surface area (TPSA) is 50.8 Å². The van der Waals surface area contributed by atoms with Gasteiger partial charge in [0.25, 0.3) is 0 Å². The van der Waals surface area contributed by atoms with E-state index in [1.165, 1.54) is 5.01 Å². The number of hydrogen-bond donors (Lipinski definition) is 1. The molecule has 0 atom stereocenters. The number of carbonyl (C=O) groups excluding carboxylic acids is 1. The average Bonchev–Trinajstić information content (AvgIpc) is 2.59. The molecule has 134 valence electrons. The molecule has 25 heavy (non-hydrogen) atoms. The third kappa shape index (κ3) is 4.89. The van der Waals surface area contributed by atoms with Crippen LogP contribution in [-0.2, 0) is 4.74 Å². The van der Waals surface area contributed by atoms with E-state index in [9.17, 15) is 4.79 Å². The molecule has 0 saturated heterocycles. The molecule has 0 aliphatic rings. The summed E-state index contributed by atoms with van der Waals surface area (Å²) in [6.45, 7) is 7.49. The van der Waals surface area contributed by atoms with Gasteiger partial charge in [0, 0.05) is 0 Å². The third-order valence-corrected chi connectivity index (χ3v) is 3.60. The van der Waals surface area contributed by atoms with Gasteiger partial charge in [0.2, 0.25) is 0 Å². The summed E-state index contributed by atoms with van der Waals surface area (Å²) in [6, 6.07) is 15.8. The number of amides is 1. The molecule has 0 aliphatic carbocycles. The Morgan fingerprint density at radius 1 is 1.00 bits per heavy atom. The Morgan fingerprint density at radius 3 is 2.24 bits per heavy atom. The van der Waals surface area contributed by atoms with E-state index in [4.69, 9.17) is 9.47 Å². The second kappa shape index (κ2) is 8.42. The van der Waals surface area contributed by atoms with E-state index in [1.54, 1.807) is 7.11 Å². The highest BCUT2D eigenvalue weighted by Crippen LogP contribution is 2.31. The van der Waals surface area contributed by atoms with Crippen LogP contribution >= 0.6 is 0 Å². The van der Waals surface area contributed by atoms with Crippen LogP contribution in [0.15, 0.2) is 48.5 Å². The van der Waals surface area contributed by atoms with Gasteiger partial charge in [-0.1, -0.05) is 36.4 Å². The molecule has 0 aromatic heterocycles. The largest absolute Gasteiger partial charge is 0.495 e. The molecule has 0 aliphatic heterocycles. The molecule has 5 heteroatoms. The quantitative estimate of drug-likeness (QED) is 0.755. The van der Waals surface area contributed by atoms with Crippen LogP contribution < -0.4 is 10.2 Å². The van der Waals surface area contributed by atoms with Crippen molar-refractivity contribution in [1.29, 1.82) is 0 Å². The van der Waals surface area contributed by atoms with E-state index in [0.717, 1.165) is 11.1 Å². The molecule has 5 nitrogen and oxygen atoms in total. The van der Waals surface area contributed by atoms with Crippen molar-refractivity contribution >= 4 is 11.8 Å². The van der Waals surface area contributed by atoms with Crippen molar-refractivity contribution in [2.75, 3.05) is 12.5 Å². The number of hydrazine groups is 1. The highest BCUT2D eigenvalue weighted by molar-refractivity contribution is 5.75. The monoisotopic (exact) mass is 342 g/mol. The number of nitrogens with zero attached hydrogens (tertiary/aromatic N) is 1. The van der Waals surface area contributed by atoms with Crippen molar-refractivity contribution in [3.8, 4) is 16.9 Å². The summed E-state index contributed by atoms with van der Waals surface area (Å²) in [5.41, 5.74) is 5.98. The highest BCUT2D eigenvalue weighted by Gasteiger charge is 2.21. The van der Waals surface area contributed by atoms with Crippen LogP contribution in [0.3, 0.4) is 0 Å². The van der Waals surface area contributed by atoms with E-state index >= 15 is 0 Å². The Labute approximate surface area is 149 Å². The van der Waals surface area contributed by atoms with Gasteiger partial charge in [-0.3, -0.25) is 5.43 Å². The normalized spacial score (nSPS) is 10.7. The van der Waals surface area contributed by atoms with Gasteiger partial charge in [-0.25, -0.2) is 9.80 Å². The van der Waals surface area contributed by atoms with Crippen LogP contribution in [0.4, 0.5) is 10.5 Å². The zero-order valence-electron chi connectivity index (χ0n) is 15.4. The summed E-state index contributed by atoms with van der Waals surface area (Å²) in [5, 5.41) is 1.46. The number of nitrogens with one attached hydrogen (secondary N) is 1. The van der Waals surface area contributed by atoms with Gasteiger partial charge in [-0.15, -0.1) is 0 Å². The lowest BCUT2D eigenvalue weighted by Gasteiger charge is -2.29. The minimum Gasteiger partial charge on any atom is -0.495 e. The van der Waals surface area contributed by atoms with Gasteiger partial charge in [0.05, 0.1) is 24.9 Å². The zero-order valence-corrected chi connectivity index (χ0v) is 15.4. The Bertz CT molecular complexity index is 699. The maximum absolute atomic E-state index is 12.4. The second-order valence-corrected chi connectivity index (χ2v) is 6.29. The van der Waals surface area contributed by atoms with E-state index in [-0.39, 0.29) is 12.1 Å². The first-order valence-corrected chi connectivity index (χ1v) is 8.42. The molecule has 0 heterocycles. The smallest absolute Gasteiger partial charge is 0.429 e. The van der Waals surface area contributed by atoms with Crippen molar-refractivity contribution in [2.45, 2.75) is 39.8 Å². The SMILES string of the molecule is COc1ccc(-c2ccccc2)cc1NN(C(=O)OC(C)C)C(C)C. The summed E-state index contributed by atoms with van der Waals surface area (Å²) in [7, 11) is 1.61. The number of rotatable bonds is 6. The van der Waals surface area contributed by atoms with Crippen LogP contribution in [0.25, 0.3) is 11.1 Å². The summed E-state index contributed by atoms with van der Waals surface area (Å²) < 4.78 is 10.8. The number of anilines is 1. The lowest BCUT2D eigenvalue weighted by Crippen LogP contribution is -2.42. The predicted molar refractivity (Wildman–Crippen MR) is 101 cm³/mol. The van der Waals surface area contributed by atoms with Crippen LogP contribution in [0.2, 0.25) is 0 Å². The summed E-state index contributed by atoms with van der Waals surface area (Å²) in [5.74, 6) is 0.655. The van der Waals surface area contributed by atoms with Crippen LogP contribution in [0.1, 0.15) is 27.7 Å². The molecule has 0 radical (unpaired) electrons. The second-order valence-electron chi connectivity index (χ2n) is 6.29. The third-order valence-electron chi connectivity index (χ3n) is 3.60. The average molecular weight is 342 g/mol. The Balaban J connectivity index is 2.33. The molecular weight excluding hydrogens is 316 g/mol. The van der Waals surface area contributed by atoms with Crippen molar-refractivity contribution in [3.05, 3.63) is 48.5 Å². The van der Waals surface area contributed by atoms with Gasteiger partial charge >= 0.3 is 6.09 Å². The fourth-order valence-corrected chi connectivity index (χ4v) is 2.38. The Hall–Kier alpha value is -2.69. The lowest BCUT2D eigenvalue weighted by atomic mass is 10.0. The number of hydrogen-bond acceptors (Lipinski definition) is 4. The van der Waals surface area contributed by atoms with Gasteiger partial charge in [-0.05, 0) is 51.0 Å². The fraction of sp³-hybridized carbons (Fsp3) is 0.350. The van der Waals surface area contributed by atoms with E-state index in [1.807, 2.05) is 76.2 Å². The number of methoxy groups -OCH3 is 1. The van der Waals surface area contributed by atoms with E-state index in [0.29, 0.717) is 11.4 Å². The summed E-state index contributed by atoms with van der Waals surface area (Å²) >= 11 is 0. The van der Waals surface area contributed by atoms with E-state index in [2.05, 4.69) is 5.43 Å². The molecule has 0 fully saturated rings. The van der Waals surface area contributed by atoms with Crippen LogP contribution in [-0.4, -0.2) is 30.4 Å². The Kier molecular flexibility index (Phi) is 6.28. The van der Waals surface area contributed by atoms with Gasteiger partial charge in [0.15, 0.2) is 0 Å². The van der Waals surface area contributed by atoms with Crippen LogP contribution in [0.5, 0.6) is 5.75 Å². The summed E-state index contributed by atoms with van der Waals surface area (Å²) in [4.78, 5) is 12.4. The molecule has 0 unspecified atom stereocenters. The lowest BCUT2D eigenvalue weighted by molar-refractivity contribution is 0.0761. The molecule has 2 rings (SSSR count). The molecule has 2 aromatic rings. The number of carbonyl (C=O) groups is 1. The Morgan fingerprint density at radius 2 is 1.68 bits per heavy atom. The first-order chi connectivity index (χ1) is 11.9. The van der Waals surface area contributed by atoms with E-state index < -0.39 is 6.09 Å². The minimum absolute atomic E-state index is 0.0867. The maximum Gasteiger partial charge on any atom is 0.429 e.